The monoisotopic (exact) mass is 302 g/mol. The van der Waals surface area contributed by atoms with E-state index in [1.807, 2.05) is 20.8 Å². The minimum atomic E-state index is -0.153. The van der Waals surface area contributed by atoms with Crippen molar-refractivity contribution in [2.45, 2.75) is 20.8 Å². The van der Waals surface area contributed by atoms with E-state index in [1.54, 1.807) is 23.1 Å². The molecule has 0 atom stereocenters. The molecule has 0 radical (unpaired) electrons. The predicted octanol–water partition coefficient (Wildman–Crippen LogP) is 3.44. The molecule has 0 fully saturated rings. The van der Waals surface area contributed by atoms with Crippen LogP contribution in [0.15, 0.2) is 18.2 Å². The van der Waals surface area contributed by atoms with Crippen LogP contribution < -0.4 is 5.73 Å². The third-order valence-corrected chi connectivity index (χ3v) is 3.65. The first-order chi connectivity index (χ1) is 8.82. The molecule has 0 saturated carbocycles. The van der Waals surface area contributed by atoms with E-state index < -0.39 is 0 Å². The molecule has 5 heteroatoms. The van der Waals surface area contributed by atoms with Gasteiger partial charge < -0.3 is 10.6 Å². The van der Waals surface area contributed by atoms with Crippen molar-refractivity contribution in [3.63, 3.8) is 0 Å². The molecular formula is C14H20Cl2N2O. The maximum absolute atomic E-state index is 12.5. The number of carbonyl (C=O) groups excluding carboxylic acids is 1. The summed E-state index contributed by atoms with van der Waals surface area (Å²) in [6, 6.07) is 5.06. The van der Waals surface area contributed by atoms with Gasteiger partial charge in [-0.3, -0.25) is 4.79 Å². The van der Waals surface area contributed by atoms with Crippen LogP contribution in [0.4, 0.5) is 0 Å². The van der Waals surface area contributed by atoms with Crippen LogP contribution in [0.5, 0.6) is 0 Å². The highest BCUT2D eigenvalue weighted by Crippen LogP contribution is 2.27. The molecule has 2 N–H and O–H groups in total. The fraction of sp³-hybridized carbons (Fsp3) is 0.500. The van der Waals surface area contributed by atoms with Gasteiger partial charge in [-0.1, -0.05) is 43.1 Å². The molecule has 0 aliphatic heterocycles. The van der Waals surface area contributed by atoms with Crippen LogP contribution in [0.1, 0.15) is 31.1 Å². The van der Waals surface area contributed by atoms with Crippen molar-refractivity contribution in [3.05, 3.63) is 33.8 Å². The number of amides is 1. The summed E-state index contributed by atoms with van der Waals surface area (Å²) < 4.78 is 0. The summed E-state index contributed by atoms with van der Waals surface area (Å²) in [5, 5.41) is 0.753. The Morgan fingerprint density at radius 2 is 1.84 bits per heavy atom. The first-order valence-corrected chi connectivity index (χ1v) is 7.01. The van der Waals surface area contributed by atoms with Crippen LogP contribution in [0.2, 0.25) is 10.0 Å². The summed E-state index contributed by atoms with van der Waals surface area (Å²) in [7, 11) is 0. The third-order valence-electron chi connectivity index (χ3n) is 3.02. The van der Waals surface area contributed by atoms with E-state index in [2.05, 4.69) is 0 Å². The number of hydrogen-bond acceptors (Lipinski definition) is 2. The number of hydrogen-bond donors (Lipinski definition) is 1. The highest BCUT2D eigenvalue weighted by atomic mass is 35.5. The molecule has 19 heavy (non-hydrogen) atoms. The van der Waals surface area contributed by atoms with E-state index in [0.717, 1.165) is 0 Å². The lowest BCUT2D eigenvalue weighted by Gasteiger charge is -2.31. The Balaban J connectivity index is 3.03. The SMILES string of the molecule is CCN(CC(C)(C)CN)C(=O)c1c(Cl)cccc1Cl. The van der Waals surface area contributed by atoms with Gasteiger partial charge in [0.25, 0.3) is 5.91 Å². The molecular weight excluding hydrogens is 283 g/mol. The van der Waals surface area contributed by atoms with Gasteiger partial charge in [0, 0.05) is 13.1 Å². The van der Waals surface area contributed by atoms with Crippen LogP contribution in [0.25, 0.3) is 0 Å². The van der Waals surface area contributed by atoms with Gasteiger partial charge in [-0.15, -0.1) is 0 Å². The highest BCUT2D eigenvalue weighted by Gasteiger charge is 2.25. The van der Waals surface area contributed by atoms with Gasteiger partial charge in [0.15, 0.2) is 0 Å². The predicted molar refractivity (Wildman–Crippen MR) is 80.9 cm³/mol. The smallest absolute Gasteiger partial charge is 0.256 e. The minimum absolute atomic E-state index is 0.139. The van der Waals surface area contributed by atoms with Crippen molar-refractivity contribution in [2.75, 3.05) is 19.6 Å². The van der Waals surface area contributed by atoms with E-state index in [1.165, 1.54) is 0 Å². The number of halogens is 2. The summed E-state index contributed by atoms with van der Waals surface area (Å²) in [5.74, 6) is -0.153. The number of carbonyl (C=O) groups is 1. The lowest BCUT2D eigenvalue weighted by Crippen LogP contribution is -2.42. The maximum atomic E-state index is 12.5. The zero-order valence-electron chi connectivity index (χ0n) is 11.5. The van der Waals surface area contributed by atoms with Gasteiger partial charge in [0.1, 0.15) is 0 Å². The van der Waals surface area contributed by atoms with Crippen LogP contribution in [-0.2, 0) is 0 Å². The molecule has 0 saturated heterocycles. The van der Waals surface area contributed by atoms with Gasteiger partial charge in [-0.2, -0.15) is 0 Å². The van der Waals surface area contributed by atoms with E-state index in [0.29, 0.717) is 35.2 Å². The Labute approximate surface area is 124 Å². The quantitative estimate of drug-likeness (QED) is 0.905. The molecule has 0 aliphatic carbocycles. The largest absolute Gasteiger partial charge is 0.338 e. The Bertz CT molecular complexity index is 441. The number of nitrogens with zero attached hydrogens (tertiary/aromatic N) is 1. The normalized spacial score (nSPS) is 11.5. The summed E-state index contributed by atoms with van der Waals surface area (Å²) in [6.07, 6.45) is 0. The summed E-state index contributed by atoms with van der Waals surface area (Å²) >= 11 is 12.1. The summed E-state index contributed by atoms with van der Waals surface area (Å²) in [6.45, 7) is 7.64. The van der Waals surface area contributed by atoms with E-state index >= 15 is 0 Å². The van der Waals surface area contributed by atoms with Crippen LogP contribution in [0.3, 0.4) is 0 Å². The van der Waals surface area contributed by atoms with Gasteiger partial charge in [-0.25, -0.2) is 0 Å². The zero-order valence-corrected chi connectivity index (χ0v) is 13.1. The van der Waals surface area contributed by atoms with E-state index in [-0.39, 0.29) is 11.3 Å². The molecule has 0 aromatic heterocycles. The highest BCUT2D eigenvalue weighted by molar-refractivity contribution is 6.39. The summed E-state index contributed by atoms with van der Waals surface area (Å²) in [4.78, 5) is 14.2. The molecule has 0 bridgehead atoms. The molecule has 0 heterocycles. The molecule has 3 nitrogen and oxygen atoms in total. The average molecular weight is 303 g/mol. The molecule has 106 valence electrons. The lowest BCUT2D eigenvalue weighted by atomic mass is 9.93. The number of nitrogens with two attached hydrogens (primary N) is 1. The molecule has 1 aromatic carbocycles. The van der Waals surface area contributed by atoms with E-state index in [4.69, 9.17) is 28.9 Å². The molecule has 1 aromatic rings. The van der Waals surface area contributed by atoms with Crippen LogP contribution in [-0.4, -0.2) is 30.4 Å². The first kappa shape index (κ1) is 16.3. The fourth-order valence-electron chi connectivity index (χ4n) is 1.77. The first-order valence-electron chi connectivity index (χ1n) is 6.25. The van der Waals surface area contributed by atoms with Crippen molar-refractivity contribution >= 4 is 29.1 Å². The topological polar surface area (TPSA) is 46.3 Å². The second kappa shape index (κ2) is 6.60. The van der Waals surface area contributed by atoms with Gasteiger partial charge in [0.05, 0.1) is 15.6 Å². The Morgan fingerprint density at radius 1 is 1.32 bits per heavy atom. The van der Waals surface area contributed by atoms with Crippen molar-refractivity contribution < 1.29 is 4.79 Å². The lowest BCUT2D eigenvalue weighted by molar-refractivity contribution is 0.0701. The average Bonchev–Trinajstić information content (AvgIpc) is 2.35. The van der Waals surface area contributed by atoms with Crippen molar-refractivity contribution in [1.82, 2.24) is 4.90 Å². The molecule has 1 rings (SSSR count). The van der Waals surface area contributed by atoms with Crippen LogP contribution >= 0.6 is 23.2 Å². The van der Waals surface area contributed by atoms with Gasteiger partial charge in [-0.05, 0) is 31.0 Å². The Hall–Kier alpha value is -0.770. The minimum Gasteiger partial charge on any atom is -0.338 e. The molecule has 1 amide bonds. The Morgan fingerprint density at radius 3 is 2.26 bits per heavy atom. The van der Waals surface area contributed by atoms with Crippen molar-refractivity contribution in [2.24, 2.45) is 11.1 Å². The number of benzene rings is 1. The molecule has 0 spiro atoms. The molecule has 0 aliphatic rings. The standard InChI is InChI=1S/C14H20Cl2N2O/c1-4-18(9-14(2,3)8-17)13(19)12-10(15)6-5-7-11(12)16/h5-7H,4,8-9,17H2,1-3H3. The summed E-state index contributed by atoms with van der Waals surface area (Å²) in [5.41, 5.74) is 5.94. The van der Waals surface area contributed by atoms with Crippen LogP contribution in [0, 0.1) is 5.41 Å². The zero-order chi connectivity index (χ0) is 14.6. The maximum Gasteiger partial charge on any atom is 0.256 e. The van der Waals surface area contributed by atoms with E-state index in [9.17, 15) is 4.79 Å². The number of rotatable bonds is 5. The fourth-order valence-corrected chi connectivity index (χ4v) is 2.33. The van der Waals surface area contributed by atoms with Crippen molar-refractivity contribution in [3.8, 4) is 0 Å². The third kappa shape index (κ3) is 4.10. The van der Waals surface area contributed by atoms with Gasteiger partial charge >= 0.3 is 0 Å². The molecule has 0 unspecified atom stereocenters. The van der Waals surface area contributed by atoms with Gasteiger partial charge in [0.2, 0.25) is 0 Å². The Kier molecular flexibility index (Phi) is 5.65. The second-order valence-electron chi connectivity index (χ2n) is 5.28. The van der Waals surface area contributed by atoms with Crippen molar-refractivity contribution in [1.29, 1.82) is 0 Å². The second-order valence-corrected chi connectivity index (χ2v) is 6.10.